The number of aliphatic hydroxyl groups is 1. The summed E-state index contributed by atoms with van der Waals surface area (Å²) in [6, 6.07) is 14.5. The SMILES string of the molecule is CC(C)(CO)Nc1ccc(-c2nnc(C3CC3(C)NS(=O)(=O)c3ccccc3)o2)c(N2CCC3(CC2)CC3)c1. The molecule has 9 nitrogen and oxygen atoms in total. The Bertz CT molecular complexity index is 1460. The fraction of sp³-hybridized carbons (Fsp3) is 0.517. The lowest BCUT2D eigenvalue weighted by atomic mass is 9.93. The second-order valence-electron chi connectivity index (χ2n) is 12.4. The molecule has 1 aliphatic heterocycles. The summed E-state index contributed by atoms with van der Waals surface area (Å²) in [5.74, 6) is 0.671. The summed E-state index contributed by atoms with van der Waals surface area (Å²) in [6.07, 6.45) is 5.62. The fourth-order valence-corrected chi connectivity index (χ4v) is 7.14. The van der Waals surface area contributed by atoms with Crippen molar-refractivity contribution in [1.29, 1.82) is 0 Å². The van der Waals surface area contributed by atoms with Crippen LogP contribution in [0.3, 0.4) is 0 Å². The van der Waals surface area contributed by atoms with Gasteiger partial charge in [0.2, 0.25) is 21.8 Å². The zero-order valence-electron chi connectivity index (χ0n) is 22.8. The predicted molar refractivity (Wildman–Crippen MR) is 150 cm³/mol. The van der Waals surface area contributed by atoms with Crippen LogP contribution in [-0.2, 0) is 10.0 Å². The van der Waals surface area contributed by atoms with E-state index >= 15 is 0 Å². The Morgan fingerprint density at radius 3 is 2.46 bits per heavy atom. The standard InChI is InChI=1S/C29H37N5O4S/c1-27(2,19-35)30-20-9-10-22(24(17-20)34-15-13-29(11-12-29)14-16-34)25-31-32-26(38-25)23-18-28(23,3)33-39(36,37)21-7-5-4-6-8-21/h4-10,17,23,30,33,35H,11-16,18-19H2,1-3H3. The van der Waals surface area contributed by atoms with Gasteiger partial charge in [-0.05, 0) is 88.6 Å². The van der Waals surface area contributed by atoms with Crippen molar-refractivity contribution in [3.8, 4) is 11.5 Å². The molecule has 2 aromatic carbocycles. The molecule has 2 saturated carbocycles. The largest absolute Gasteiger partial charge is 0.420 e. The molecule has 2 aliphatic carbocycles. The highest BCUT2D eigenvalue weighted by Gasteiger charge is 2.56. The van der Waals surface area contributed by atoms with Gasteiger partial charge in [-0.2, -0.15) is 0 Å². The average molecular weight is 552 g/mol. The Kier molecular flexibility index (Phi) is 6.28. The number of aliphatic hydroxyl groups excluding tert-OH is 1. The highest BCUT2D eigenvalue weighted by Crippen LogP contribution is 2.55. The van der Waals surface area contributed by atoms with Crippen LogP contribution in [0.1, 0.15) is 64.7 Å². The highest BCUT2D eigenvalue weighted by atomic mass is 32.2. The van der Waals surface area contributed by atoms with Gasteiger partial charge in [0.1, 0.15) is 0 Å². The van der Waals surface area contributed by atoms with Gasteiger partial charge in [0.05, 0.1) is 34.2 Å². The molecule has 0 radical (unpaired) electrons. The molecular weight excluding hydrogens is 514 g/mol. The lowest BCUT2D eigenvalue weighted by Gasteiger charge is -2.35. The average Bonchev–Trinajstić information content (AvgIpc) is 3.76. The van der Waals surface area contributed by atoms with Crippen LogP contribution in [0.2, 0.25) is 0 Å². The topological polar surface area (TPSA) is 121 Å². The predicted octanol–water partition coefficient (Wildman–Crippen LogP) is 4.52. The number of nitrogens with one attached hydrogen (secondary N) is 2. The van der Waals surface area contributed by atoms with Gasteiger partial charge in [-0.1, -0.05) is 18.2 Å². The molecule has 6 rings (SSSR count). The minimum absolute atomic E-state index is 0.0114. The Balaban J connectivity index is 1.25. The van der Waals surface area contributed by atoms with Gasteiger partial charge < -0.3 is 19.7 Å². The molecule has 3 N–H and O–H groups in total. The summed E-state index contributed by atoms with van der Waals surface area (Å²) < 4.78 is 34.9. The van der Waals surface area contributed by atoms with Crippen molar-refractivity contribution in [3.05, 3.63) is 54.4 Å². The number of anilines is 2. The first-order chi connectivity index (χ1) is 18.5. The van der Waals surface area contributed by atoms with Crippen molar-refractivity contribution in [1.82, 2.24) is 14.9 Å². The van der Waals surface area contributed by atoms with Crippen LogP contribution < -0.4 is 14.9 Å². The van der Waals surface area contributed by atoms with Gasteiger partial charge in [0, 0.05) is 24.3 Å². The van der Waals surface area contributed by atoms with Gasteiger partial charge in [0.15, 0.2) is 0 Å². The molecule has 208 valence electrons. The van der Waals surface area contributed by atoms with E-state index in [4.69, 9.17) is 4.42 Å². The summed E-state index contributed by atoms with van der Waals surface area (Å²) in [6.45, 7) is 7.75. The molecule has 0 amide bonds. The molecule has 2 unspecified atom stereocenters. The Labute approximate surface area is 230 Å². The Hall–Kier alpha value is -2.95. The number of sulfonamides is 1. The molecule has 10 heteroatoms. The minimum Gasteiger partial charge on any atom is -0.420 e. The number of hydrogen-bond donors (Lipinski definition) is 3. The number of hydrogen-bond acceptors (Lipinski definition) is 8. The lowest BCUT2D eigenvalue weighted by molar-refractivity contribution is 0.234. The van der Waals surface area contributed by atoms with Crippen molar-refractivity contribution in [2.45, 2.75) is 74.8 Å². The second kappa shape index (κ2) is 9.31. The van der Waals surface area contributed by atoms with Gasteiger partial charge >= 0.3 is 0 Å². The van der Waals surface area contributed by atoms with Crippen molar-refractivity contribution in [2.75, 3.05) is 29.9 Å². The molecule has 1 aromatic heterocycles. The molecule has 2 heterocycles. The third-order valence-corrected chi connectivity index (χ3v) is 10.3. The van der Waals surface area contributed by atoms with Crippen LogP contribution in [0.4, 0.5) is 11.4 Å². The maximum absolute atomic E-state index is 12.9. The molecule has 0 bridgehead atoms. The number of aromatic nitrogens is 2. The van der Waals surface area contributed by atoms with Gasteiger partial charge in [-0.15, -0.1) is 10.2 Å². The quantitative estimate of drug-likeness (QED) is 0.355. The van der Waals surface area contributed by atoms with Crippen LogP contribution in [0.15, 0.2) is 57.8 Å². The molecule has 1 spiro atoms. The number of rotatable bonds is 9. The summed E-state index contributed by atoms with van der Waals surface area (Å²) in [4.78, 5) is 2.63. The summed E-state index contributed by atoms with van der Waals surface area (Å²) in [5.41, 5.74) is 2.22. The smallest absolute Gasteiger partial charge is 0.249 e. The Morgan fingerprint density at radius 2 is 1.79 bits per heavy atom. The molecule has 3 aliphatic rings. The number of nitrogens with zero attached hydrogens (tertiary/aromatic N) is 3. The molecular formula is C29H37N5O4S. The van der Waals surface area contributed by atoms with E-state index in [1.807, 2.05) is 32.9 Å². The van der Waals surface area contributed by atoms with Gasteiger partial charge in [0.25, 0.3) is 0 Å². The third kappa shape index (κ3) is 5.29. The van der Waals surface area contributed by atoms with Crippen molar-refractivity contribution >= 4 is 21.4 Å². The summed E-state index contributed by atoms with van der Waals surface area (Å²) in [7, 11) is -3.66. The fourth-order valence-electron chi connectivity index (χ4n) is 5.67. The maximum Gasteiger partial charge on any atom is 0.249 e. The minimum atomic E-state index is -3.66. The van der Waals surface area contributed by atoms with E-state index in [0.29, 0.717) is 23.6 Å². The zero-order valence-corrected chi connectivity index (χ0v) is 23.6. The van der Waals surface area contributed by atoms with Crippen molar-refractivity contribution in [3.63, 3.8) is 0 Å². The maximum atomic E-state index is 12.9. The van der Waals surface area contributed by atoms with E-state index in [1.165, 1.54) is 25.7 Å². The van der Waals surface area contributed by atoms with E-state index in [1.54, 1.807) is 30.3 Å². The monoisotopic (exact) mass is 551 g/mol. The van der Waals surface area contributed by atoms with Gasteiger partial charge in [-0.25, -0.2) is 13.1 Å². The third-order valence-electron chi connectivity index (χ3n) is 8.62. The van der Waals surface area contributed by atoms with Crippen LogP contribution in [-0.4, -0.2) is 54.5 Å². The van der Waals surface area contributed by atoms with Crippen LogP contribution in [0.5, 0.6) is 0 Å². The normalized spacial score (nSPS) is 24.1. The molecule has 2 atom stereocenters. The van der Waals surface area contributed by atoms with Crippen LogP contribution in [0, 0.1) is 5.41 Å². The molecule has 3 aromatic rings. The van der Waals surface area contributed by atoms with Crippen molar-refractivity contribution < 1.29 is 17.9 Å². The van der Waals surface area contributed by atoms with E-state index in [-0.39, 0.29) is 17.4 Å². The Morgan fingerprint density at radius 1 is 1.08 bits per heavy atom. The van der Waals surface area contributed by atoms with Crippen LogP contribution >= 0.6 is 0 Å². The zero-order chi connectivity index (χ0) is 27.5. The van der Waals surface area contributed by atoms with Crippen LogP contribution in [0.25, 0.3) is 11.5 Å². The molecule has 1 saturated heterocycles. The first kappa shape index (κ1) is 26.3. The van der Waals surface area contributed by atoms with Crippen molar-refractivity contribution in [2.24, 2.45) is 5.41 Å². The lowest BCUT2D eigenvalue weighted by Crippen LogP contribution is -2.36. The first-order valence-electron chi connectivity index (χ1n) is 13.7. The van der Waals surface area contributed by atoms with Gasteiger partial charge in [-0.3, -0.25) is 0 Å². The number of benzene rings is 2. The second-order valence-corrected chi connectivity index (χ2v) is 14.1. The number of piperidine rings is 1. The molecule has 3 fully saturated rings. The van der Waals surface area contributed by atoms with E-state index < -0.39 is 21.1 Å². The summed E-state index contributed by atoms with van der Waals surface area (Å²) >= 11 is 0. The van der Waals surface area contributed by atoms with E-state index in [9.17, 15) is 13.5 Å². The molecule has 39 heavy (non-hydrogen) atoms. The van der Waals surface area contributed by atoms with E-state index in [2.05, 4.69) is 31.2 Å². The first-order valence-corrected chi connectivity index (χ1v) is 15.2. The van der Waals surface area contributed by atoms with E-state index in [0.717, 1.165) is 30.0 Å². The summed E-state index contributed by atoms with van der Waals surface area (Å²) in [5, 5.41) is 21.9. The highest BCUT2D eigenvalue weighted by molar-refractivity contribution is 7.89.